The maximum absolute atomic E-state index is 11.2. The van der Waals surface area contributed by atoms with Gasteiger partial charge in [0.15, 0.2) is 5.79 Å². The molecule has 8 nitrogen and oxygen atoms in total. The first kappa shape index (κ1) is 13.8. The quantitative estimate of drug-likeness (QED) is 0.541. The average molecular weight is 248 g/mol. The highest BCUT2D eigenvalue weighted by atomic mass is 16.7. The molecule has 0 bridgehead atoms. The first-order valence-electron chi connectivity index (χ1n) is 5.12. The summed E-state index contributed by atoms with van der Waals surface area (Å²) in [6.07, 6.45) is 0. The van der Waals surface area contributed by atoms with E-state index in [4.69, 9.17) is 9.47 Å². The van der Waals surface area contributed by atoms with E-state index in [1.165, 1.54) is 13.8 Å². The fraction of sp³-hybridized carbons (Fsp3) is 1.00. The van der Waals surface area contributed by atoms with Gasteiger partial charge in [-0.1, -0.05) is 0 Å². The van der Waals surface area contributed by atoms with Crippen molar-refractivity contribution in [3.05, 3.63) is 20.2 Å². The Bertz CT molecular complexity index is 341. The van der Waals surface area contributed by atoms with Gasteiger partial charge in [0.05, 0.1) is 0 Å². The maximum atomic E-state index is 11.2. The van der Waals surface area contributed by atoms with Crippen LogP contribution in [-0.4, -0.2) is 39.9 Å². The zero-order valence-corrected chi connectivity index (χ0v) is 10.3. The van der Waals surface area contributed by atoms with E-state index in [2.05, 4.69) is 0 Å². The molecule has 0 unspecified atom stereocenters. The van der Waals surface area contributed by atoms with Gasteiger partial charge < -0.3 is 9.47 Å². The van der Waals surface area contributed by atoms with Crippen LogP contribution in [0.2, 0.25) is 0 Å². The van der Waals surface area contributed by atoms with Crippen LogP contribution in [0, 0.1) is 20.2 Å². The molecule has 1 fully saturated rings. The van der Waals surface area contributed by atoms with E-state index in [1.807, 2.05) is 0 Å². The zero-order chi connectivity index (χ0) is 13.5. The Morgan fingerprint density at radius 2 is 1.53 bits per heavy atom. The topological polar surface area (TPSA) is 105 Å². The second kappa shape index (κ2) is 3.88. The van der Waals surface area contributed by atoms with E-state index in [0.29, 0.717) is 0 Å². The van der Waals surface area contributed by atoms with Gasteiger partial charge in [0.2, 0.25) is 0 Å². The molecule has 1 saturated heterocycles. The molecule has 0 aromatic rings. The molecule has 1 aliphatic heterocycles. The van der Waals surface area contributed by atoms with Crippen LogP contribution in [0.4, 0.5) is 0 Å². The van der Waals surface area contributed by atoms with Gasteiger partial charge in [-0.15, -0.1) is 0 Å². The molecule has 17 heavy (non-hydrogen) atoms. The monoisotopic (exact) mass is 248 g/mol. The van der Waals surface area contributed by atoms with E-state index in [1.54, 1.807) is 13.8 Å². The normalized spacial score (nSPS) is 23.1. The van der Waals surface area contributed by atoms with Gasteiger partial charge in [-0.2, -0.15) is 0 Å². The fourth-order valence-electron chi connectivity index (χ4n) is 1.52. The highest BCUT2D eigenvalue weighted by Crippen LogP contribution is 2.35. The minimum atomic E-state index is -1.87. The van der Waals surface area contributed by atoms with Gasteiger partial charge in [0.25, 0.3) is 5.54 Å². The highest BCUT2D eigenvalue weighted by Gasteiger charge is 2.68. The Hall–Kier alpha value is -1.28. The maximum Gasteiger partial charge on any atom is 0.335 e. The number of hydrogen-bond acceptors (Lipinski definition) is 6. The first-order valence-corrected chi connectivity index (χ1v) is 5.12. The van der Waals surface area contributed by atoms with E-state index in [-0.39, 0.29) is 13.2 Å². The van der Waals surface area contributed by atoms with Gasteiger partial charge in [-0.3, -0.25) is 20.2 Å². The van der Waals surface area contributed by atoms with Crippen molar-refractivity contribution in [3.8, 4) is 0 Å². The van der Waals surface area contributed by atoms with Crippen molar-refractivity contribution in [2.45, 2.75) is 44.6 Å². The lowest BCUT2D eigenvalue weighted by atomic mass is 9.80. The third-order valence-corrected chi connectivity index (χ3v) is 3.26. The number of hydrogen-bond donors (Lipinski definition) is 0. The smallest absolute Gasteiger partial charge is 0.335 e. The molecule has 1 heterocycles. The van der Waals surface area contributed by atoms with Crippen molar-refractivity contribution < 1.29 is 19.3 Å². The van der Waals surface area contributed by atoms with Gasteiger partial charge in [-0.25, -0.2) is 0 Å². The lowest BCUT2D eigenvalue weighted by molar-refractivity contribution is -0.693. The van der Waals surface area contributed by atoms with Crippen LogP contribution < -0.4 is 0 Å². The number of ether oxygens (including phenoxy) is 2. The SMILES string of the molecule is CC1(C)OCC([N+](=O)[O-])(C(C)(C)[N+](=O)[O-])CO1. The molecule has 0 aromatic carbocycles. The van der Waals surface area contributed by atoms with E-state index in [9.17, 15) is 20.2 Å². The van der Waals surface area contributed by atoms with Crippen LogP contribution in [0.25, 0.3) is 0 Å². The second-order valence-electron chi connectivity index (χ2n) is 5.08. The molecule has 0 amide bonds. The van der Waals surface area contributed by atoms with Crippen LogP contribution in [0.1, 0.15) is 27.7 Å². The molecular formula is C9H16N2O6. The molecule has 98 valence electrons. The molecule has 1 rings (SSSR count). The summed E-state index contributed by atoms with van der Waals surface area (Å²) < 4.78 is 10.4. The van der Waals surface area contributed by atoms with Crippen molar-refractivity contribution in [1.29, 1.82) is 0 Å². The summed E-state index contributed by atoms with van der Waals surface area (Å²) in [6, 6.07) is 0. The molecule has 8 heteroatoms. The van der Waals surface area contributed by atoms with E-state index < -0.39 is 26.7 Å². The summed E-state index contributed by atoms with van der Waals surface area (Å²) in [5.74, 6) is -0.952. The summed E-state index contributed by atoms with van der Waals surface area (Å²) in [5.41, 5.74) is -3.64. The van der Waals surface area contributed by atoms with Crippen molar-refractivity contribution >= 4 is 0 Å². The highest BCUT2D eigenvalue weighted by molar-refractivity contribution is 4.97. The summed E-state index contributed by atoms with van der Waals surface area (Å²) >= 11 is 0. The number of nitro groups is 2. The van der Waals surface area contributed by atoms with E-state index >= 15 is 0 Å². The number of nitrogens with zero attached hydrogens (tertiary/aromatic N) is 2. The molecule has 0 spiro atoms. The van der Waals surface area contributed by atoms with Crippen molar-refractivity contribution in [1.82, 2.24) is 0 Å². The zero-order valence-electron chi connectivity index (χ0n) is 10.3. The molecule has 1 aliphatic rings. The Kier molecular flexibility index (Phi) is 3.15. The van der Waals surface area contributed by atoms with Gasteiger partial charge in [0.1, 0.15) is 13.2 Å². The van der Waals surface area contributed by atoms with Crippen LogP contribution in [0.15, 0.2) is 0 Å². The van der Waals surface area contributed by atoms with Crippen molar-refractivity contribution in [2.24, 2.45) is 0 Å². The molecule has 0 aliphatic carbocycles. The Balaban J connectivity index is 3.10. The van der Waals surface area contributed by atoms with Crippen LogP contribution in [0.3, 0.4) is 0 Å². The molecule has 0 aromatic heterocycles. The Morgan fingerprint density at radius 3 is 1.82 bits per heavy atom. The van der Waals surface area contributed by atoms with Crippen molar-refractivity contribution in [2.75, 3.05) is 13.2 Å². The minimum Gasteiger partial charge on any atom is -0.343 e. The molecule has 0 atom stereocenters. The van der Waals surface area contributed by atoms with Crippen LogP contribution in [-0.2, 0) is 9.47 Å². The first-order chi connectivity index (χ1) is 7.55. The molecule has 0 radical (unpaired) electrons. The van der Waals surface area contributed by atoms with Gasteiger partial charge in [0, 0.05) is 23.7 Å². The lowest BCUT2D eigenvalue weighted by Crippen LogP contribution is -2.69. The summed E-state index contributed by atoms with van der Waals surface area (Å²) in [7, 11) is 0. The molecule has 0 N–H and O–H groups in total. The van der Waals surface area contributed by atoms with Crippen LogP contribution in [0.5, 0.6) is 0 Å². The van der Waals surface area contributed by atoms with Gasteiger partial charge in [-0.05, 0) is 13.8 Å². The number of rotatable bonds is 3. The minimum absolute atomic E-state index is 0.346. The predicted molar refractivity (Wildman–Crippen MR) is 56.8 cm³/mol. The lowest BCUT2D eigenvalue weighted by Gasteiger charge is -2.40. The second-order valence-corrected chi connectivity index (χ2v) is 5.08. The summed E-state index contributed by atoms with van der Waals surface area (Å²) in [5, 5.41) is 22.2. The predicted octanol–water partition coefficient (Wildman–Crippen LogP) is 0.840. The summed E-state index contributed by atoms with van der Waals surface area (Å²) in [6.45, 7) is 4.94. The average Bonchev–Trinajstić information content (AvgIpc) is 2.16. The third-order valence-electron chi connectivity index (χ3n) is 3.26. The van der Waals surface area contributed by atoms with Gasteiger partial charge >= 0.3 is 5.54 Å². The fourth-order valence-corrected chi connectivity index (χ4v) is 1.52. The van der Waals surface area contributed by atoms with Crippen LogP contribution >= 0.6 is 0 Å². The van der Waals surface area contributed by atoms with E-state index in [0.717, 1.165) is 0 Å². The van der Waals surface area contributed by atoms with Crippen molar-refractivity contribution in [3.63, 3.8) is 0 Å². The molecular weight excluding hydrogens is 232 g/mol. The molecule has 0 saturated carbocycles. The Morgan fingerprint density at radius 1 is 1.12 bits per heavy atom. The summed E-state index contributed by atoms with van der Waals surface area (Å²) in [4.78, 5) is 20.8. The third kappa shape index (κ3) is 2.09. The standard InChI is InChI=1S/C9H16N2O6/c1-7(2,10(12)13)9(11(14)15)5-16-8(3,4)17-6-9/h5-6H2,1-4H3. The largest absolute Gasteiger partial charge is 0.343 e. The Labute approximate surface area is 98.2 Å².